The first-order valence-electron chi connectivity index (χ1n) is 7.66. The third-order valence-electron chi connectivity index (χ3n) is 4.30. The molecular weight excluding hydrogens is 240 g/mol. The van der Waals surface area contributed by atoms with E-state index in [1.807, 2.05) is 7.05 Å². The van der Waals surface area contributed by atoms with Crippen molar-refractivity contribution < 1.29 is 9.90 Å². The molecule has 2 N–H and O–H groups in total. The van der Waals surface area contributed by atoms with E-state index in [1.54, 1.807) is 0 Å². The van der Waals surface area contributed by atoms with Gasteiger partial charge in [0.25, 0.3) is 0 Å². The number of nitrogens with one attached hydrogen (secondary N) is 1. The van der Waals surface area contributed by atoms with Crippen molar-refractivity contribution in [3.63, 3.8) is 0 Å². The number of aliphatic carboxylic acids is 1. The first-order valence-corrected chi connectivity index (χ1v) is 7.66. The first-order chi connectivity index (χ1) is 8.97. The lowest BCUT2D eigenvalue weighted by Crippen LogP contribution is -2.61. The molecule has 0 amide bonds. The second kappa shape index (κ2) is 7.25. The zero-order valence-electron chi connectivity index (χ0n) is 12.9. The average molecular weight is 270 g/mol. The van der Waals surface area contributed by atoms with E-state index in [0.29, 0.717) is 18.5 Å². The number of carboxylic acids is 1. The van der Waals surface area contributed by atoms with Crippen LogP contribution in [0, 0.1) is 5.92 Å². The normalized spacial score (nSPS) is 20.3. The van der Waals surface area contributed by atoms with Gasteiger partial charge in [-0.25, -0.2) is 0 Å². The second-order valence-electron chi connectivity index (χ2n) is 6.03. The Labute approximate surface area is 117 Å². The van der Waals surface area contributed by atoms with Crippen molar-refractivity contribution in [2.45, 2.75) is 64.5 Å². The molecule has 19 heavy (non-hydrogen) atoms. The third-order valence-corrected chi connectivity index (χ3v) is 4.30. The summed E-state index contributed by atoms with van der Waals surface area (Å²) in [7, 11) is 2.05. The fourth-order valence-electron chi connectivity index (χ4n) is 2.76. The van der Waals surface area contributed by atoms with Crippen molar-refractivity contribution in [1.82, 2.24) is 10.2 Å². The minimum Gasteiger partial charge on any atom is -0.480 e. The first kappa shape index (κ1) is 16.4. The fraction of sp³-hybridized carbons (Fsp3) is 0.933. The molecule has 2 atom stereocenters. The van der Waals surface area contributed by atoms with E-state index in [4.69, 9.17) is 0 Å². The summed E-state index contributed by atoms with van der Waals surface area (Å²) < 4.78 is 0. The SMILES string of the molecule is CCCNC(CN(C)C(C)CCC)(C(=O)O)C1CC1. The number of likely N-dealkylation sites (N-methyl/N-ethyl adjacent to an activating group) is 1. The summed E-state index contributed by atoms with van der Waals surface area (Å²) in [6, 6.07) is 0.436. The molecule has 0 aromatic carbocycles. The van der Waals surface area contributed by atoms with Crippen LogP contribution in [0.3, 0.4) is 0 Å². The molecule has 0 bridgehead atoms. The third kappa shape index (κ3) is 4.18. The van der Waals surface area contributed by atoms with Gasteiger partial charge in [-0.1, -0.05) is 20.3 Å². The summed E-state index contributed by atoms with van der Waals surface area (Å²) in [5, 5.41) is 13.1. The summed E-state index contributed by atoms with van der Waals surface area (Å²) >= 11 is 0. The maximum Gasteiger partial charge on any atom is 0.325 e. The van der Waals surface area contributed by atoms with E-state index in [0.717, 1.165) is 38.6 Å². The monoisotopic (exact) mass is 270 g/mol. The Morgan fingerprint density at radius 3 is 2.47 bits per heavy atom. The lowest BCUT2D eigenvalue weighted by atomic mass is 9.91. The van der Waals surface area contributed by atoms with Crippen LogP contribution >= 0.6 is 0 Å². The van der Waals surface area contributed by atoms with E-state index >= 15 is 0 Å². The molecule has 0 heterocycles. The molecule has 0 saturated heterocycles. The molecule has 1 saturated carbocycles. The molecule has 2 unspecified atom stereocenters. The second-order valence-corrected chi connectivity index (χ2v) is 6.03. The van der Waals surface area contributed by atoms with Gasteiger partial charge in [0.1, 0.15) is 5.54 Å². The average Bonchev–Trinajstić information content (AvgIpc) is 3.18. The minimum absolute atomic E-state index is 0.299. The Bertz CT molecular complexity index is 292. The van der Waals surface area contributed by atoms with Gasteiger partial charge in [-0.05, 0) is 52.1 Å². The zero-order chi connectivity index (χ0) is 14.5. The van der Waals surface area contributed by atoms with Crippen molar-refractivity contribution in [3.8, 4) is 0 Å². The van der Waals surface area contributed by atoms with Gasteiger partial charge >= 0.3 is 5.97 Å². The van der Waals surface area contributed by atoms with Gasteiger partial charge in [-0.2, -0.15) is 0 Å². The number of hydrogen-bond acceptors (Lipinski definition) is 3. The fourth-order valence-corrected chi connectivity index (χ4v) is 2.76. The Hall–Kier alpha value is -0.610. The molecule has 0 aliphatic heterocycles. The zero-order valence-corrected chi connectivity index (χ0v) is 12.9. The van der Waals surface area contributed by atoms with Crippen LogP contribution in [-0.2, 0) is 4.79 Å². The molecule has 0 radical (unpaired) electrons. The van der Waals surface area contributed by atoms with Gasteiger partial charge in [0.05, 0.1) is 0 Å². The van der Waals surface area contributed by atoms with Crippen LogP contribution < -0.4 is 5.32 Å². The van der Waals surface area contributed by atoms with Crippen LogP contribution in [-0.4, -0.2) is 47.7 Å². The van der Waals surface area contributed by atoms with Crippen LogP contribution in [0.15, 0.2) is 0 Å². The molecule has 0 spiro atoms. The predicted molar refractivity (Wildman–Crippen MR) is 78.4 cm³/mol. The van der Waals surface area contributed by atoms with E-state index in [9.17, 15) is 9.90 Å². The van der Waals surface area contributed by atoms with Crippen LogP contribution in [0.25, 0.3) is 0 Å². The Balaban J connectivity index is 2.75. The maximum absolute atomic E-state index is 11.8. The van der Waals surface area contributed by atoms with Crippen LogP contribution in [0.4, 0.5) is 0 Å². The van der Waals surface area contributed by atoms with Gasteiger partial charge in [0, 0.05) is 12.6 Å². The number of nitrogens with zero attached hydrogens (tertiary/aromatic N) is 1. The molecule has 4 nitrogen and oxygen atoms in total. The maximum atomic E-state index is 11.8. The summed E-state index contributed by atoms with van der Waals surface area (Å²) in [4.78, 5) is 14.0. The molecule has 1 aliphatic rings. The summed E-state index contributed by atoms with van der Waals surface area (Å²) in [5.41, 5.74) is -0.743. The molecule has 4 heteroatoms. The number of carbonyl (C=O) groups is 1. The van der Waals surface area contributed by atoms with Gasteiger partial charge in [-0.3, -0.25) is 4.79 Å². The number of carboxylic acid groups (broad SMARTS) is 1. The van der Waals surface area contributed by atoms with Gasteiger partial charge in [0.2, 0.25) is 0 Å². The van der Waals surface area contributed by atoms with E-state index < -0.39 is 11.5 Å². The molecule has 112 valence electrons. The topological polar surface area (TPSA) is 52.6 Å². The standard InChI is InChI=1S/C15H30N2O2/c1-5-7-12(3)17(4)11-15(14(18)19,13-8-9-13)16-10-6-2/h12-13,16H,5-11H2,1-4H3,(H,18,19). The van der Waals surface area contributed by atoms with E-state index in [1.165, 1.54) is 0 Å². The lowest BCUT2D eigenvalue weighted by Gasteiger charge is -2.37. The van der Waals surface area contributed by atoms with Crippen molar-refractivity contribution in [1.29, 1.82) is 0 Å². The summed E-state index contributed by atoms with van der Waals surface area (Å²) in [6.45, 7) is 7.82. The highest BCUT2D eigenvalue weighted by Gasteiger charge is 2.51. The van der Waals surface area contributed by atoms with Crippen molar-refractivity contribution in [3.05, 3.63) is 0 Å². The highest BCUT2D eigenvalue weighted by molar-refractivity contribution is 5.80. The molecule has 0 aromatic heterocycles. The number of rotatable bonds is 10. The Morgan fingerprint density at radius 1 is 1.42 bits per heavy atom. The van der Waals surface area contributed by atoms with Crippen molar-refractivity contribution >= 4 is 5.97 Å². The molecular formula is C15H30N2O2. The summed E-state index contributed by atoms with van der Waals surface area (Å²) in [5.74, 6) is -0.383. The van der Waals surface area contributed by atoms with Crippen molar-refractivity contribution in [2.75, 3.05) is 20.1 Å². The molecule has 1 fully saturated rings. The van der Waals surface area contributed by atoms with Gasteiger partial charge < -0.3 is 15.3 Å². The van der Waals surface area contributed by atoms with E-state index in [-0.39, 0.29) is 0 Å². The summed E-state index contributed by atoms with van der Waals surface area (Å²) in [6.07, 6.45) is 5.30. The lowest BCUT2D eigenvalue weighted by molar-refractivity contribution is -0.147. The van der Waals surface area contributed by atoms with Crippen LogP contribution in [0.5, 0.6) is 0 Å². The molecule has 1 aliphatic carbocycles. The number of hydrogen-bond donors (Lipinski definition) is 2. The van der Waals surface area contributed by atoms with Crippen LogP contribution in [0.1, 0.15) is 52.9 Å². The highest BCUT2D eigenvalue weighted by atomic mass is 16.4. The minimum atomic E-state index is -0.743. The molecule has 1 rings (SSSR count). The smallest absolute Gasteiger partial charge is 0.325 e. The Morgan fingerprint density at radius 2 is 2.05 bits per heavy atom. The molecule has 0 aromatic rings. The highest BCUT2D eigenvalue weighted by Crippen LogP contribution is 2.40. The predicted octanol–water partition coefficient (Wildman–Crippen LogP) is 2.34. The van der Waals surface area contributed by atoms with Gasteiger partial charge in [-0.15, -0.1) is 0 Å². The van der Waals surface area contributed by atoms with Crippen LogP contribution in [0.2, 0.25) is 0 Å². The van der Waals surface area contributed by atoms with Gasteiger partial charge in [0.15, 0.2) is 0 Å². The Kier molecular flexibility index (Phi) is 6.27. The largest absolute Gasteiger partial charge is 0.480 e. The quantitative estimate of drug-likeness (QED) is 0.640. The van der Waals surface area contributed by atoms with Crippen molar-refractivity contribution in [2.24, 2.45) is 5.92 Å². The van der Waals surface area contributed by atoms with E-state index in [2.05, 4.69) is 31.0 Å².